The molecule has 1 aromatic carbocycles. The van der Waals surface area contributed by atoms with Crippen molar-refractivity contribution in [1.82, 2.24) is 0 Å². The maximum absolute atomic E-state index is 12.1. The largest absolute Gasteiger partial charge is 0.623 e. The highest BCUT2D eigenvalue weighted by Crippen LogP contribution is 2.28. The highest BCUT2D eigenvalue weighted by Gasteiger charge is 2.40. The third-order valence-corrected chi connectivity index (χ3v) is 3.13. The summed E-state index contributed by atoms with van der Waals surface area (Å²) < 4.78 is 12.4. The van der Waals surface area contributed by atoms with Gasteiger partial charge in [0.1, 0.15) is 13.2 Å². The lowest BCUT2D eigenvalue weighted by Crippen LogP contribution is -2.50. The molecule has 1 aliphatic rings. The molecule has 0 aromatic heterocycles. The highest BCUT2D eigenvalue weighted by atomic mass is 16.7. The van der Waals surface area contributed by atoms with Gasteiger partial charge in [0.25, 0.3) is 0 Å². The fourth-order valence-electron chi connectivity index (χ4n) is 1.98. The molecule has 0 N–H and O–H groups in total. The zero-order chi connectivity index (χ0) is 13.9. The molecule has 0 amide bonds. The Labute approximate surface area is 114 Å². The molecule has 19 heavy (non-hydrogen) atoms. The maximum Gasteiger partial charge on any atom is 0.215 e. The molecule has 0 radical (unpaired) electrons. The third-order valence-electron chi connectivity index (χ3n) is 3.13. The standard InChI is InChI=1S/C15H21NO3/c1-12(2)9-16(17)15(3)10-18-14(19-11-15)13-7-5-4-6-8-13/h4-9,12,14H,10-11H2,1-3H3/b16-9-. The summed E-state index contributed by atoms with van der Waals surface area (Å²) >= 11 is 0. The minimum absolute atomic E-state index is 0.209. The Balaban J connectivity index is 2.03. The van der Waals surface area contributed by atoms with Gasteiger partial charge in [-0.05, 0) is 0 Å². The molecule has 1 saturated heterocycles. The van der Waals surface area contributed by atoms with Crippen molar-refractivity contribution < 1.29 is 14.2 Å². The Bertz CT molecular complexity index is 434. The summed E-state index contributed by atoms with van der Waals surface area (Å²) in [7, 11) is 0. The van der Waals surface area contributed by atoms with Crippen LogP contribution >= 0.6 is 0 Å². The van der Waals surface area contributed by atoms with Crippen LogP contribution in [-0.4, -0.2) is 29.7 Å². The number of hydrogen-bond donors (Lipinski definition) is 0. The monoisotopic (exact) mass is 263 g/mol. The van der Waals surface area contributed by atoms with E-state index in [4.69, 9.17) is 9.47 Å². The second kappa shape index (κ2) is 5.72. The minimum Gasteiger partial charge on any atom is -0.623 e. The average Bonchev–Trinajstić information content (AvgIpc) is 2.40. The third kappa shape index (κ3) is 3.33. The van der Waals surface area contributed by atoms with Crippen molar-refractivity contribution in [3.8, 4) is 0 Å². The second-order valence-electron chi connectivity index (χ2n) is 5.58. The first-order valence-electron chi connectivity index (χ1n) is 6.61. The zero-order valence-electron chi connectivity index (χ0n) is 11.7. The van der Waals surface area contributed by atoms with Gasteiger partial charge in [0, 0.05) is 18.4 Å². The molecular formula is C15H21NO3. The Morgan fingerprint density at radius 3 is 2.37 bits per heavy atom. The van der Waals surface area contributed by atoms with Gasteiger partial charge in [-0.3, -0.25) is 0 Å². The predicted octanol–water partition coefficient (Wildman–Crippen LogP) is 2.73. The molecule has 4 heteroatoms. The molecule has 104 valence electrons. The van der Waals surface area contributed by atoms with Crippen molar-refractivity contribution in [3.63, 3.8) is 0 Å². The van der Waals surface area contributed by atoms with Gasteiger partial charge in [0.15, 0.2) is 12.5 Å². The quantitative estimate of drug-likeness (QED) is 0.364. The number of nitrogens with zero attached hydrogens (tertiary/aromatic N) is 1. The van der Waals surface area contributed by atoms with Crippen LogP contribution < -0.4 is 0 Å². The molecule has 4 nitrogen and oxygen atoms in total. The van der Waals surface area contributed by atoms with Crippen LogP contribution in [0, 0.1) is 11.1 Å². The maximum atomic E-state index is 12.1. The molecule has 0 atom stereocenters. The van der Waals surface area contributed by atoms with Gasteiger partial charge < -0.3 is 14.7 Å². The summed E-state index contributed by atoms with van der Waals surface area (Å²) in [6.45, 7) is 6.54. The lowest BCUT2D eigenvalue weighted by molar-refractivity contribution is -0.567. The van der Waals surface area contributed by atoms with Gasteiger partial charge in [-0.25, -0.2) is 4.74 Å². The van der Waals surface area contributed by atoms with Gasteiger partial charge in [0.2, 0.25) is 5.54 Å². The van der Waals surface area contributed by atoms with Crippen molar-refractivity contribution in [2.75, 3.05) is 13.2 Å². The van der Waals surface area contributed by atoms with E-state index in [9.17, 15) is 5.21 Å². The van der Waals surface area contributed by atoms with Crippen LogP contribution in [-0.2, 0) is 9.47 Å². The number of rotatable bonds is 3. The van der Waals surface area contributed by atoms with E-state index < -0.39 is 5.54 Å². The molecule has 0 saturated carbocycles. The van der Waals surface area contributed by atoms with E-state index in [0.717, 1.165) is 10.3 Å². The normalized spacial score (nSPS) is 28.6. The summed E-state index contributed by atoms with van der Waals surface area (Å²) in [5.41, 5.74) is 0.338. The van der Waals surface area contributed by atoms with Crippen molar-refractivity contribution in [2.45, 2.75) is 32.6 Å². The molecular weight excluding hydrogens is 242 g/mol. The molecule has 0 spiro atoms. The second-order valence-corrected chi connectivity index (χ2v) is 5.58. The fraction of sp³-hybridized carbons (Fsp3) is 0.533. The predicted molar refractivity (Wildman–Crippen MR) is 74.0 cm³/mol. The number of benzene rings is 1. The molecule has 0 unspecified atom stereocenters. The molecule has 2 rings (SSSR count). The zero-order valence-corrected chi connectivity index (χ0v) is 11.7. The van der Waals surface area contributed by atoms with Crippen LogP contribution in [0.4, 0.5) is 0 Å². The minimum atomic E-state index is -0.643. The van der Waals surface area contributed by atoms with Crippen LogP contribution in [0.5, 0.6) is 0 Å². The Kier molecular flexibility index (Phi) is 4.22. The molecule has 0 aliphatic carbocycles. The van der Waals surface area contributed by atoms with E-state index in [0.29, 0.717) is 13.2 Å². The summed E-state index contributed by atoms with van der Waals surface area (Å²) in [6, 6.07) is 9.77. The highest BCUT2D eigenvalue weighted by molar-refractivity contribution is 5.54. The van der Waals surface area contributed by atoms with Gasteiger partial charge >= 0.3 is 0 Å². The number of ether oxygens (including phenoxy) is 2. The smallest absolute Gasteiger partial charge is 0.215 e. The summed E-state index contributed by atoms with van der Waals surface area (Å²) in [5, 5.41) is 12.1. The van der Waals surface area contributed by atoms with Gasteiger partial charge in [-0.1, -0.05) is 44.2 Å². The first-order valence-corrected chi connectivity index (χ1v) is 6.61. The van der Waals surface area contributed by atoms with Crippen molar-refractivity contribution in [3.05, 3.63) is 41.1 Å². The van der Waals surface area contributed by atoms with Crippen LogP contribution in [0.3, 0.4) is 0 Å². The number of hydrogen-bond acceptors (Lipinski definition) is 3. The van der Waals surface area contributed by atoms with Crippen LogP contribution in [0.25, 0.3) is 0 Å². The van der Waals surface area contributed by atoms with Gasteiger partial charge in [0.05, 0.1) is 0 Å². The Morgan fingerprint density at radius 2 is 1.84 bits per heavy atom. The van der Waals surface area contributed by atoms with E-state index in [1.807, 2.05) is 51.1 Å². The average molecular weight is 263 g/mol. The fourth-order valence-corrected chi connectivity index (χ4v) is 1.98. The Morgan fingerprint density at radius 1 is 1.26 bits per heavy atom. The van der Waals surface area contributed by atoms with E-state index in [2.05, 4.69) is 0 Å². The van der Waals surface area contributed by atoms with E-state index in [1.54, 1.807) is 6.21 Å². The van der Waals surface area contributed by atoms with Crippen LogP contribution in [0.1, 0.15) is 32.6 Å². The molecule has 1 heterocycles. The van der Waals surface area contributed by atoms with Gasteiger partial charge in [-0.2, -0.15) is 0 Å². The van der Waals surface area contributed by atoms with Gasteiger partial charge in [-0.15, -0.1) is 0 Å². The first kappa shape index (κ1) is 14.0. The lowest BCUT2D eigenvalue weighted by Gasteiger charge is -2.35. The Hall–Kier alpha value is -1.39. The van der Waals surface area contributed by atoms with Crippen molar-refractivity contribution in [2.24, 2.45) is 5.92 Å². The summed E-state index contributed by atoms with van der Waals surface area (Å²) in [5.74, 6) is 0.209. The van der Waals surface area contributed by atoms with Crippen molar-refractivity contribution in [1.29, 1.82) is 0 Å². The summed E-state index contributed by atoms with van der Waals surface area (Å²) in [6.07, 6.45) is 1.29. The molecule has 1 aliphatic heterocycles. The first-order chi connectivity index (χ1) is 9.01. The molecule has 1 aromatic rings. The van der Waals surface area contributed by atoms with Crippen LogP contribution in [0.15, 0.2) is 30.3 Å². The topological polar surface area (TPSA) is 44.5 Å². The molecule has 1 fully saturated rings. The number of hydroxylamine groups is 1. The SMILES string of the molecule is CC(C)/C=[N+](\[O-])C1(C)COC(c2ccccc2)OC1. The molecule has 0 bridgehead atoms. The lowest BCUT2D eigenvalue weighted by atomic mass is 10.0. The van der Waals surface area contributed by atoms with E-state index >= 15 is 0 Å². The van der Waals surface area contributed by atoms with E-state index in [-0.39, 0.29) is 12.2 Å². The van der Waals surface area contributed by atoms with E-state index in [1.165, 1.54) is 0 Å². The van der Waals surface area contributed by atoms with Crippen molar-refractivity contribution >= 4 is 6.21 Å². The summed E-state index contributed by atoms with van der Waals surface area (Å²) in [4.78, 5) is 0. The van der Waals surface area contributed by atoms with Crippen LogP contribution in [0.2, 0.25) is 0 Å².